The molecule has 1 aromatic carbocycles. The van der Waals surface area contributed by atoms with Gasteiger partial charge in [0.1, 0.15) is 17.7 Å². The molecule has 1 unspecified atom stereocenters. The first-order chi connectivity index (χ1) is 8.15. The topological polar surface area (TPSA) is 26.3 Å². The summed E-state index contributed by atoms with van der Waals surface area (Å²) < 4.78 is 32.2. The summed E-state index contributed by atoms with van der Waals surface area (Å²) in [5.41, 5.74) is -0.474. The van der Waals surface area contributed by atoms with Crippen LogP contribution in [0, 0.1) is 17.6 Å². The molecule has 1 saturated carbocycles. The van der Waals surface area contributed by atoms with Crippen LogP contribution >= 0.6 is 0 Å². The molecule has 1 fully saturated rings. The minimum absolute atomic E-state index is 0.112. The van der Waals surface area contributed by atoms with Crippen LogP contribution in [0.1, 0.15) is 30.1 Å². The summed E-state index contributed by atoms with van der Waals surface area (Å²) in [7, 11) is 0. The predicted octanol–water partition coefficient (Wildman–Crippen LogP) is 2.96. The SMILES string of the molecule is CCOC(C(=O)c1c(F)cccc1F)C1CC1. The summed E-state index contributed by atoms with van der Waals surface area (Å²) >= 11 is 0. The van der Waals surface area contributed by atoms with E-state index < -0.39 is 29.1 Å². The molecule has 0 aromatic heterocycles. The number of ketones is 1. The van der Waals surface area contributed by atoms with Crippen molar-refractivity contribution < 1.29 is 18.3 Å². The monoisotopic (exact) mass is 240 g/mol. The van der Waals surface area contributed by atoms with Crippen LogP contribution < -0.4 is 0 Å². The minimum Gasteiger partial charge on any atom is -0.370 e. The molecule has 2 rings (SSSR count). The van der Waals surface area contributed by atoms with Gasteiger partial charge in [0, 0.05) is 6.61 Å². The number of carbonyl (C=O) groups is 1. The third-order valence-electron chi connectivity index (χ3n) is 2.86. The van der Waals surface area contributed by atoms with E-state index in [1.807, 2.05) is 0 Å². The Bertz CT molecular complexity index is 407. The van der Waals surface area contributed by atoms with E-state index in [0.717, 1.165) is 25.0 Å². The lowest BCUT2D eigenvalue weighted by Crippen LogP contribution is -2.28. The Morgan fingerprint density at radius 1 is 1.41 bits per heavy atom. The van der Waals surface area contributed by atoms with E-state index in [0.29, 0.717) is 6.61 Å². The maximum atomic E-state index is 13.5. The molecule has 0 N–H and O–H groups in total. The first-order valence-electron chi connectivity index (χ1n) is 5.75. The molecule has 0 radical (unpaired) electrons. The Kier molecular flexibility index (Phi) is 3.52. The Hall–Kier alpha value is -1.29. The Morgan fingerprint density at radius 2 is 2.00 bits per heavy atom. The summed E-state index contributed by atoms with van der Waals surface area (Å²) in [6.07, 6.45) is 1.06. The van der Waals surface area contributed by atoms with Gasteiger partial charge in [-0.3, -0.25) is 4.79 Å². The lowest BCUT2D eigenvalue weighted by Gasteiger charge is -2.15. The summed E-state index contributed by atoms with van der Waals surface area (Å²) in [6.45, 7) is 2.13. The predicted molar refractivity (Wildman–Crippen MR) is 58.8 cm³/mol. The molecule has 4 heteroatoms. The average Bonchev–Trinajstić information content (AvgIpc) is 3.09. The fourth-order valence-electron chi connectivity index (χ4n) is 1.88. The van der Waals surface area contributed by atoms with E-state index in [4.69, 9.17) is 4.74 Å². The zero-order valence-corrected chi connectivity index (χ0v) is 9.58. The molecule has 0 saturated heterocycles. The van der Waals surface area contributed by atoms with Crippen molar-refractivity contribution in [3.63, 3.8) is 0 Å². The first-order valence-corrected chi connectivity index (χ1v) is 5.75. The smallest absolute Gasteiger partial charge is 0.197 e. The Labute approximate surface area is 98.6 Å². The average molecular weight is 240 g/mol. The van der Waals surface area contributed by atoms with Gasteiger partial charge in [-0.2, -0.15) is 0 Å². The molecule has 0 amide bonds. The molecular formula is C13H14F2O2. The van der Waals surface area contributed by atoms with E-state index in [2.05, 4.69) is 0 Å². The van der Waals surface area contributed by atoms with Gasteiger partial charge in [0.05, 0.1) is 5.56 Å². The molecule has 1 aliphatic carbocycles. The summed E-state index contributed by atoms with van der Waals surface area (Å²) in [5, 5.41) is 0. The molecule has 17 heavy (non-hydrogen) atoms. The molecule has 0 heterocycles. The van der Waals surface area contributed by atoms with Gasteiger partial charge in [0.2, 0.25) is 0 Å². The summed E-state index contributed by atoms with van der Waals surface area (Å²) in [5.74, 6) is -2.10. The Balaban J connectivity index is 2.28. The van der Waals surface area contributed by atoms with Crippen LogP contribution in [0.4, 0.5) is 8.78 Å². The van der Waals surface area contributed by atoms with Gasteiger partial charge < -0.3 is 4.74 Å². The van der Waals surface area contributed by atoms with Crippen LogP contribution in [0.2, 0.25) is 0 Å². The number of hydrogen-bond donors (Lipinski definition) is 0. The molecule has 1 atom stereocenters. The third kappa shape index (κ3) is 2.52. The van der Waals surface area contributed by atoms with Gasteiger partial charge in [0.25, 0.3) is 0 Å². The second-order valence-corrected chi connectivity index (χ2v) is 4.17. The molecule has 92 valence electrons. The van der Waals surface area contributed by atoms with Crippen LogP contribution in [-0.2, 0) is 4.74 Å². The summed E-state index contributed by atoms with van der Waals surface area (Å²) in [6, 6.07) is 3.42. The van der Waals surface area contributed by atoms with Crippen molar-refractivity contribution in [3.8, 4) is 0 Å². The van der Waals surface area contributed by atoms with Gasteiger partial charge >= 0.3 is 0 Å². The number of carbonyl (C=O) groups excluding carboxylic acids is 1. The number of benzene rings is 1. The minimum atomic E-state index is -0.819. The second-order valence-electron chi connectivity index (χ2n) is 4.17. The molecule has 2 nitrogen and oxygen atoms in total. The van der Waals surface area contributed by atoms with Crippen molar-refractivity contribution in [3.05, 3.63) is 35.4 Å². The van der Waals surface area contributed by atoms with Gasteiger partial charge in [-0.1, -0.05) is 6.07 Å². The van der Waals surface area contributed by atoms with Crippen molar-refractivity contribution >= 4 is 5.78 Å². The van der Waals surface area contributed by atoms with E-state index in [9.17, 15) is 13.6 Å². The lowest BCUT2D eigenvalue weighted by atomic mass is 10.0. The fourth-order valence-corrected chi connectivity index (χ4v) is 1.88. The van der Waals surface area contributed by atoms with E-state index in [1.54, 1.807) is 6.92 Å². The van der Waals surface area contributed by atoms with Crippen molar-refractivity contribution in [2.45, 2.75) is 25.9 Å². The van der Waals surface area contributed by atoms with Crippen LogP contribution in [0.25, 0.3) is 0 Å². The van der Waals surface area contributed by atoms with Gasteiger partial charge in [-0.15, -0.1) is 0 Å². The lowest BCUT2D eigenvalue weighted by molar-refractivity contribution is 0.0367. The zero-order valence-electron chi connectivity index (χ0n) is 9.58. The maximum Gasteiger partial charge on any atom is 0.197 e. The van der Waals surface area contributed by atoms with E-state index >= 15 is 0 Å². The number of rotatable bonds is 5. The number of Topliss-reactive ketones (excluding diaryl/α,β-unsaturated/α-hetero) is 1. The van der Waals surface area contributed by atoms with E-state index in [1.165, 1.54) is 6.07 Å². The number of halogens is 2. The van der Waals surface area contributed by atoms with Gasteiger partial charge in [-0.25, -0.2) is 8.78 Å². The molecule has 1 aromatic rings. The highest BCUT2D eigenvalue weighted by atomic mass is 19.1. The van der Waals surface area contributed by atoms with Crippen LogP contribution in [0.5, 0.6) is 0 Å². The Morgan fingerprint density at radius 3 is 2.47 bits per heavy atom. The standard InChI is InChI=1S/C13H14F2O2/c1-2-17-13(8-6-7-8)12(16)11-9(14)4-3-5-10(11)15/h3-5,8,13H,2,6-7H2,1H3. The number of ether oxygens (including phenoxy) is 1. The molecule has 1 aliphatic rings. The summed E-state index contributed by atoms with van der Waals surface area (Å²) in [4.78, 5) is 12.1. The van der Waals surface area contributed by atoms with Crippen LogP contribution in [0.15, 0.2) is 18.2 Å². The van der Waals surface area contributed by atoms with Crippen LogP contribution in [-0.4, -0.2) is 18.5 Å². The second kappa shape index (κ2) is 4.92. The molecular weight excluding hydrogens is 226 g/mol. The highest BCUT2D eigenvalue weighted by Crippen LogP contribution is 2.36. The highest BCUT2D eigenvalue weighted by Gasteiger charge is 2.38. The highest BCUT2D eigenvalue weighted by molar-refractivity contribution is 6.00. The van der Waals surface area contributed by atoms with Crippen LogP contribution in [0.3, 0.4) is 0 Å². The largest absolute Gasteiger partial charge is 0.370 e. The molecule has 0 aliphatic heterocycles. The van der Waals surface area contributed by atoms with Crippen molar-refractivity contribution in [2.24, 2.45) is 5.92 Å². The van der Waals surface area contributed by atoms with E-state index in [-0.39, 0.29) is 5.92 Å². The van der Waals surface area contributed by atoms with Crippen molar-refractivity contribution in [1.82, 2.24) is 0 Å². The quantitative estimate of drug-likeness (QED) is 0.739. The van der Waals surface area contributed by atoms with Gasteiger partial charge in [-0.05, 0) is 37.8 Å². The zero-order chi connectivity index (χ0) is 12.4. The fraction of sp³-hybridized carbons (Fsp3) is 0.462. The third-order valence-corrected chi connectivity index (χ3v) is 2.86. The number of hydrogen-bond acceptors (Lipinski definition) is 2. The first kappa shape index (κ1) is 12.2. The maximum absolute atomic E-state index is 13.5. The molecule has 0 bridgehead atoms. The van der Waals surface area contributed by atoms with Gasteiger partial charge in [0.15, 0.2) is 5.78 Å². The normalized spacial score (nSPS) is 16.9. The van der Waals surface area contributed by atoms with Crippen molar-refractivity contribution in [2.75, 3.05) is 6.61 Å². The molecule has 0 spiro atoms. The van der Waals surface area contributed by atoms with Crippen molar-refractivity contribution in [1.29, 1.82) is 0 Å².